The van der Waals surface area contributed by atoms with Gasteiger partial charge < -0.3 is 19.9 Å². The van der Waals surface area contributed by atoms with Gasteiger partial charge in [-0.2, -0.15) is 9.78 Å². The first-order valence-corrected chi connectivity index (χ1v) is 10.2. The maximum absolute atomic E-state index is 13.0. The van der Waals surface area contributed by atoms with Crippen LogP contribution in [-0.4, -0.2) is 58.8 Å². The van der Waals surface area contributed by atoms with Crippen molar-refractivity contribution in [2.24, 2.45) is 5.10 Å². The number of nitrogens with two attached hydrogens (primary N) is 1. The van der Waals surface area contributed by atoms with Gasteiger partial charge in [0.05, 0.1) is 27.5 Å². The Balaban J connectivity index is 1.67. The molecule has 0 unspecified atom stereocenters. The summed E-state index contributed by atoms with van der Waals surface area (Å²) in [6.45, 7) is 1.95. The summed E-state index contributed by atoms with van der Waals surface area (Å²) in [6.07, 6.45) is 1.41. The van der Waals surface area contributed by atoms with E-state index in [1.165, 1.54) is 32.2 Å². The van der Waals surface area contributed by atoms with Gasteiger partial charge in [0.25, 0.3) is 5.91 Å². The average molecular weight is 478 g/mol. The summed E-state index contributed by atoms with van der Waals surface area (Å²) in [7, 11) is 4.54. The van der Waals surface area contributed by atoms with Crippen LogP contribution in [0.5, 0.6) is 17.2 Å². The summed E-state index contributed by atoms with van der Waals surface area (Å²) in [5.41, 5.74) is 10.9. The molecule has 0 saturated heterocycles. The molecule has 0 aliphatic heterocycles. The number of rotatable bonds is 8. The number of hydrogen-bond donors (Lipinski definition) is 2. The number of amides is 1. The second-order valence-corrected chi connectivity index (χ2v) is 7.19. The Labute approximate surface area is 199 Å². The SMILES string of the molecule is COc1cc(OC)c(OC)cc1/C=N/NC(=O)c1nnn(-c2nonc2N)c1-c1ccc(C)cc1. The Morgan fingerprint density at radius 3 is 2.37 bits per heavy atom. The fourth-order valence-corrected chi connectivity index (χ4v) is 3.26. The highest BCUT2D eigenvalue weighted by molar-refractivity contribution is 5.99. The molecule has 0 atom stereocenters. The van der Waals surface area contributed by atoms with Crippen LogP contribution < -0.4 is 25.4 Å². The first-order valence-electron chi connectivity index (χ1n) is 10.2. The Bertz CT molecular complexity index is 1380. The van der Waals surface area contributed by atoms with Crippen molar-refractivity contribution in [3.8, 4) is 34.3 Å². The van der Waals surface area contributed by atoms with Gasteiger partial charge in [0.2, 0.25) is 11.6 Å². The van der Waals surface area contributed by atoms with E-state index in [9.17, 15) is 4.79 Å². The second-order valence-electron chi connectivity index (χ2n) is 7.19. The van der Waals surface area contributed by atoms with E-state index < -0.39 is 5.91 Å². The zero-order valence-electron chi connectivity index (χ0n) is 19.3. The van der Waals surface area contributed by atoms with Gasteiger partial charge in [-0.25, -0.2) is 10.1 Å². The first kappa shape index (κ1) is 23.2. The molecule has 2 aromatic carbocycles. The lowest BCUT2D eigenvalue weighted by Gasteiger charge is -2.11. The standard InChI is InChI=1S/C22H22N8O5/c1-12-5-7-13(8-6-12)19-18(25-29-30(19)21-20(23)27-35-28-21)22(31)26-24-11-14-9-16(33-3)17(34-4)10-15(14)32-2/h5-11H,1-4H3,(H2,23,27)(H,26,31)/b24-11+. The predicted octanol–water partition coefficient (Wildman–Crippen LogP) is 2.00. The van der Waals surface area contributed by atoms with E-state index in [2.05, 4.69) is 35.8 Å². The third-order valence-corrected chi connectivity index (χ3v) is 5.01. The smallest absolute Gasteiger partial charge is 0.294 e. The maximum Gasteiger partial charge on any atom is 0.294 e. The number of aryl methyl sites for hydroxylation is 1. The zero-order valence-corrected chi connectivity index (χ0v) is 19.3. The molecular weight excluding hydrogens is 456 g/mol. The summed E-state index contributed by atoms with van der Waals surface area (Å²) >= 11 is 0. The lowest BCUT2D eigenvalue weighted by molar-refractivity contribution is 0.0950. The van der Waals surface area contributed by atoms with Gasteiger partial charge in [0, 0.05) is 17.2 Å². The topological polar surface area (TPSA) is 165 Å². The molecule has 13 heteroatoms. The highest BCUT2D eigenvalue weighted by Crippen LogP contribution is 2.33. The number of nitrogens with one attached hydrogen (secondary N) is 1. The van der Waals surface area contributed by atoms with Gasteiger partial charge in [-0.3, -0.25) is 4.79 Å². The van der Waals surface area contributed by atoms with Crippen molar-refractivity contribution >= 4 is 17.9 Å². The van der Waals surface area contributed by atoms with Crippen LogP contribution in [0.4, 0.5) is 5.82 Å². The number of anilines is 1. The van der Waals surface area contributed by atoms with E-state index in [1.54, 1.807) is 12.1 Å². The van der Waals surface area contributed by atoms with Crippen LogP contribution in [-0.2, 0) is 0 Å². The number of methoxy groups -OCH3 is 3. The third kappa shape index (κ3) is 4.59. The van der Waals surface area contributed by atoms with E-state index in [1.807, 2.05) is 31.2 Å². The molecule has 13 nitrogen and oxygen atoms in total. The number of nitrogens with zero attached hydrogens (tertiary/aromatic N) is 6. The molecule has 180 valence electrons. The average Bonchev–Trinajstić information content (AvgIpc) is 3.50. The molecule has 1 amide bonds. The predicted molar refractivity (Wildman–Crippen MR) is 125 cm³/mol. The number of carbonyl (C=O) groups excluding carboxylic acids is 1. The van der Waals surface area contributed by atoms with Crippen molar-refractivity contribution < 1.29 is 23.6 Å². The van der Waals surface area contributed by atoms with E-state index in [0.717, 1.165) is 5.56 Å². The maximum atomic E-state index is 13.0. The molecule has 0 saturated carbocycles. The summed E-state index contributed by atoms with van der Waals surface area (Å²) < 4.78 is 21.9. The van der Waals surface area contributed by atoms with Crippen molar-refractivity contribution in [2.75, 3.05) is 27.1 Å². The molecule has 0 radical (unpaired) electrons. The fraction of sp³-hybridized carbons (Fsp3) is 0.182. The number of ether oxygens (including phenoxy) is 3. The molecular formula is C22H22N8O5. The Kier molecular flexibility index (Phi) is 6.57. The summed E-state index contributed by atoms with van der Waals surface area (Å²) in [5.74, 6) is 0.925. The van der Waals surface area contributed by atoms with Crippen molar-refractivity contribution in [1.29, 1.82) is 0 Å². The Hall–Kier alpha value is -4.94. The van der Waals surface area contributed by atoms with E-state index in [4.69, 9.17) is 19.9 Å². The third-order valence-electron chi connectivity index (χ3n) is 5.01. The van der Waals surface area contributed by atoms with Crippen LogP contribution in [0, 0.1) is 6.92 Å². The number of nitrogen functional groups attached to an aromatic ring is 1. The lowest BCUT2D eigenvalue weighted by Crippen LogP contribution is -2.19. The molecule has 0 aliphatic rings. The molecule has 2 heterocycles. The van der Waals surface area contributed by atoms with Gasteiger partial charge in [0.1, 0.15) is 11.4 Å². The summed E-state index contributed by atoms with van der Waals surface area (Å²) in [5, 5.41) is 19.4. The Morgan fingerprint density at radius 1 is 1.06 bits per heavy atom. The summed E-state index contributed by atoms with van der Waals surface area (Å²) in [4.78, 5) is 13.0. The van der Waals surface area contributed by atoms with Crippen LogP contribution in [0.15, 0.2) is 46.1 Å². The lowest BCUT2D eigenvalue weighted by atomic mass is 10.1. The Morgan fingerprint density at radius 2 is 1.74 bits per heavy atom. The van der Waals surface area contributed by atoms with Crippen molar-refractivity contribution in [1.82, 2.24) is 30.7 Å². The quantitative estimate of drug-likeness (QED) is 0.282. The van der Waals surface area contributed by atoms with Gasteiger partial charge in [-0.05, 0) is 23.3 Å². The van der Waals surface area contributed by atoms with E-state index in [-0.39, 0.29) is 17.3 Å². The molecule has 0 spiro atoms. The highest BCUT2D eigenvalue weighted by atomic mass is 16.6. The summed E-state index contributed by atoms with van der Waals surface area (Å²) in [6, 6.07) is 10.7. The number of benzene rings is 2. The van der Waals surface area contributed by atoms with Crippen LogP contribution >= 0.6 is 0 Å². The van der Waals surface area contributed by atoms with E-state index >= 15 is 0 Å². The van der Waals surface area contributed by atoms with E-state index in [0.29, 0.717) is 34.1 Å². The molecule has 0 fully saturated rings. The van der Waals surface area contributed by atoms with Crippen molar-refractivity contribution in [3.05, 3.63) is 53.2 Å². The highest BCUT2D eigenvalue weighted by Gasteiger charge is 2.25. The van der Waals surface area contributed by atoms with Crippen LogP contribution in [0.2, 0.25) is 0 Å². The number of carbonyl (C=O) groups is 1. The number of hydrazone groups is 1. The van der Waals surface area contributed by atoms with Crippen LogP contribution in [0.1, 0.15) is 21.6 Å². The molecule has 4 rings (SSSR count). The van der Waals surface area contributed by atoms with Gasteiger partial charge in [-0.1, -0.05) is 35.0 Å². The van der Waals surface area contributed by atoms with Gasteiger partial charge in [0.15, 0.2) is 17.2 Å². The monoisotopic (exact) mass is 478 g/mol. The molecule has 0 aliphatic carbocycles. The van der Waals surface area contributed by atoms with Crippen LogP contribution in [0.3, 0.4) is 0 Å². The molecule has 0 bridgehead atoms. The molecule has 2 aromatic heterocycles. The minimum Gasteiger partial charge on any atom is -0.496 e. The van der Waals surface area contributed by atoms with Crippen molar-refractivity contribution in [2.45, 2.75) is 6.92 Å². The minimum atomic E-state index is -0.613. The minimum absolute atomic E-state index is 0.00575. The number of aromatic nitrogens is 5. The van der Waals surface area contributed by atoms with Crippen LogP contribution in [0.25, 0.3) is 17.1 Å². The fourth-order valence-electron chi connectivity index (χ4n) is 3.26. The van der Waals surface area contributed by atoms with Gasteiger partial charge in [-0.15, -0.1) is 5.10 Å². The molecule has 3 N–H and O–H groups in total. The first-order chi connectivity index (χ1) is 17.0. The normalized spacial score (nSPS) is 11.0. The molecule has 4 aromatic rings. The van der Waals surface area contributed by atoms with Crippen molar-refractivity contribution in [3.63, 3.8) is 0 Å². The molecule has 35 heavy (non-hydrogen) atoms. The second kappa shape index (κ2) is 9.91. The largest absolute Gasteiger partial charge is 0.496 e. The van der Waals surface area contributed by atoms with Gasteiger partial charge >= 0.3 is 0 Å². The number of hydrogen-bond acceptors (Lipinski definition) is 11. The zero-order chi connectivity index (χ0) is 24.9.